The van der Waals surface area contributed by atoms with Gasteiger partial charge in [0.25, 0.3) is 0 Å². The van der Waals surface area contributed by atoms with E-state index in [1.165, 1.54) is 31.9 Å². The van der Waals surface area contributed by atoms with Crippen LogP contribution in [-0.2, 0) is 0 Å². The molecule has 1 fully saturated rings. The van der Waals surface area contributed by atoms with E-state index < -0.39 is 5.82 Å². The van der Waals surface area contributed by atoms with Crippen molar-refractivity contribution in [3.63, 3.8) is 0 Å². The largest absolute Gasteiger partial charge is 0.356 e. The van der Waals surface area contributed by atoms with Crippen molar-refractivity contribution in [2.24, 2.45) is 11.8 Å². The molecule has 1 aliphatic rings. The highest BCUT2D eigenvalue weighted by Crippen LogP contribution is 2.28. The maximum absolute atomic E-state index is 13.7. The lowest BCUT2D eigenvalue weighted by atomic mass is 9.83. The topological polar surface area (TPSA) is 53.6 Å². The lowest BCUT2D eigenvalue weighted by Gasteiger charge is -2.26. The van der Waals surface area contributed by atoms with Gasteiger partial charge in [0, 0.05) is 6.54 Å². The standard InChI is InChI=1S/C14H18ClFN4/c1-8-2-4-9(5-3-8)6-18-14-19-10-7-17-13(15)11(16)12(10)20-14/h7-9H,2-6H2,1H3,(H2,18,19,20). The monoisotopic (exact) mass is 296 g/mol. The van der Waals surface area contributed by atoms with Crippen LogP contribution in [0.25, 0.3) is 11.0 Å². The molecule has 2 heterocycles. The van der Waals surface area contributed by atoms with Crippen LogP contribution in [0, 0.1) is 17.7 Å². The lowest BCUT2D eigenvalue weighted by molar-refractivity contribution is 0.300. The van der Waals surface area contributed by atoms with E-state index in [1.54, 1.807) is 0 Å². The van der Waals surface area contributed by atoms with Crippen LogP contribution in [0.4, 0.5) is 10.3 Å². The van der Waals surface area contributed by atoms with Crippen molar-refractivity contribution in [3.05, 3.63) is 17.2 Å². The number of aromatic nitrogens is 3. The molecule has 0 spiro atoms. The summed E-state index contributed by atoms with van der Waals surface area (Å²) in [7, 11) is 0. The van der Waals surface area contributed by atoms with Crippen molar-refractivity contribution in [2.75, 3.05) is 11.9 Å². The quantitative estimate of drug-likeness (QED) is 0.842. The number of imidazole rings is 1. The molecule has 0 atom stereocenters. The Bertz CT molecular complexity index is 604. The highest BCUT2D eigenvalue weighted by molar-refractivity contribution is 6.30. The normalized spacial score (nSPS) is 23.1. The fourth-order valence-electron chi connectivity index (χ4n) is 2.78. The third-order valence-corrected chi connectivity index (χ3v) is 4.38. The van der Waals surface area contributed by atoms with Gasteiger partial charge in [-0.15, -0.1) is 0 Å². The molecule has 0 aromatic carbocycles. The van der Waals surface area contributed by atoms with Crippen LogP contribution in [0.3, 0.4) is 0 Å². The zero-order valence-corrected chi connectivity index (χ0v) is 12.2. The molecule has 20 heavy (non-hydrogen) atoms. The second-order valence-corrected chi connectivity index (χ2v) is 6.08. The first-order valence-electron chi connectivity index (χ1n) is 7.07. The Morgan fingerprint density at radius 1 is 1.40 bits per heavy atom. The third kappa shape index (κ3) is 2.73. The number of nitrogens with zero attached hydrogens (tertiary/aromatic N) is 2. The van der Waals surface area contributed by atoms with Gasteiger partial charge < -0.3 is 10.3 Å². The van der Waals surface area contributed by atoms with Crippen molar-refractivity contribution < 1.29 is 4.39 Å². The number of anilines is 1. The van der Waals surface area contributed by atoms with E-state index in [1.807, 2.05) is 0 Å². The molecule has 0 saturated heterocycles. The predicted molar refractivity (Wildman–Crippen MR) is 78.5 cm³/mol. The molecule has 2 N–H and O–H groups in total. The minimum Gasteiger partial charge on any atom is -0.356 e. The van der Waals surface area contributed by atoms with E-state index in [0.29, 0.717) is 17.4 Å². The molecule has 1 saturated carbocycles. The first kappa shape index (κ1) is 13.6. The number of aromatic amines is 1. The van der Waals surface area contributed by atoms with Gasteiger partial charge in [0.2, 0.25) is 5.95 Å². The molecule has 1 aliphatic carbocycles. The highest BCUT2D eigenvalue weighted by atomic mass is 35.5. The van der Waals surface area contributed by atoms with Gasteiger partial charge in [-0.25, -0.2) is 14.4 Å². The highest BCUT2D eigenvalue weighted by Gasteiger charge is 2.18. The molecule has 0 unspecified atom stereocenters. The molecule has 0 aliphatic heterocycles. The summed E-state index contributed by atoms with van der Waals surface area (Å²) in [6.07, 6.45) is 6.58. The molecule has 108 valence electrons. The SMILES string of the molecule is CC1CCC(CNc2nc3c(F)c(Cl)ncc3[nH]2)CC1. The van der Waals surface area contributed by atoms with Gasteiger partial charge in [-0.2, -0.15) is 0 Å². The van der Waals surface area contributed by atoms with E-state index >= 15 is 0 Å². The smallest absolute Gasteiger partial charge is 0.201 e. The zero-order chi connectivity index (χ0) is 14.1. The van der Waals surface area contributed by atoms with Crippen molar-refractivity contribution in [1.82, 2.24) is 15.0 Å². The Labute approximate surface area is 122 Å². The van der Waals surface area contributed by atoms with Gasteiger partial charge in [-0.3, -0.25) is 0 Å². The summed E-state index contributed by atoms with van der Waals surface area (Å²) in [5, 5.41) is 3.12. The van der Waals surface area contributed by atoms with Crippen molar-refractivity contribution in [1.29, 1.82) is 0 Å². The number of halogens is 2. The third-order valence-electron chi connectivity index (χ3n) is 4.12. The van der Waals surface area contributed by atoms with Crippen LogP contribution in [0.2, 0.25) is 5.15 Å². The number of H-pyrrole nitrogens is 1. The molecular formula is C14H18ClFN4. The fraction of sp³-hybridized carbons (Fsp3) is 0.571. The summed E-state index contributed by atoms with van der Waals surface area (Å²) in [5.74, 6) is 1.53. The van der Waals surface area contributed by atoms with Crippen molar-refractivity contribution in [3.8, 4) is 0 Å². The Balaban J connectivity index is 1.67. The number of fused-ring (bicyclic) bond motifs is 1. The van der Waals surface area contributed by atoms with Gasteiger partial charge >= 0.3 is 0 Å². The number of hydrogen-bond donors (Lipinski definition) is 2. The van der Waals surface area contributed by atoms with Crippen LogP contribution in [0.5, 0.6) is 0 Å². The maximum atomic E-state index is 13.7. The van der Waals surface area contributed by atoms with Gasteiger partial charge in [-0.1, -0.05) is 31.4 Å². The van der Waals surface area contributed by atoms with E-state index in [0.717, 1.165) is 12.5 Å². The summed E-state index contributed by atoms with van der Waals surface area (Å²) in [6, 6.07) is 0. The summed E-state index contributed by atoms with van der Waals surface area (Å²) >= 11 is 5.65. The fourth-order valence-corrected chi connectivity index (χ4v) is 2.92. The van der Waals surface area contributed by atoms with Crippen molar-refractivity contribution >= 4 is 28.6 Å². The van der Waals surface area contributed by atoms with E-state index in [9.17, 15) is 4.39 Å². The zero-order valence-electron chi connectivity index (χ0n) is 11.4. The molecular weight excluding hydrogens is 279 g/mol. The molecule has 2 aromatic heterocycles. The van der Waals surface area contributed by atoms with Gasteiger partial charge in [0.15, 0.2) is 11.0 Å². The predicted octanol–water partition coefficient (Wildman–Crippen LogP) is 3.99. The molecule has 4 nitrogen and oxygen atoms in total. The van der Waals surface area contributed by atoms with E-state index in [2.05, 4.69) is 27.2 Å². The Hall–Kier alpha value is -1.36. The minimum atomic E-state index is -0.569. The van der Waals surface area contributed by atoms with Crippen LogP contribution in [0.1, 0.15) is 32.6 Å². The van der Waals surface area contributed by atoms with Crippen molar-refractivity contribution in [2.45, 2.75) is 32.6 Å². The van der Waals surface area contributed by atoms with E-state index in [-0.39, 0.29) is 10.7 Å². The van der Waals surface area contributed by atoms with Crippen LogP contribution < -0.4 is 5.32 Å². The first-order valence-corrected chi connectivity index (χ1v) is 7.45. The lowest BCUT2D eigenvalue weighted by Crippen LogP contribution is -2.20. The first-order chi connectivity index (χ1) is 9.63. The second kappa shape index (κ2) is 5.56. The molecule has 2 aromatic rings. The number of nitrogens with one attached hydrogen (secondary N) is 2. The Morgan fingerprint density at radius 3 is 2.90 bits per heavy atom. The minimum absolute atomic E-state index is 0.142. The van der Waals surface area contributed by atoms with E-state index in [4.69, 9.17) is 11.6 Å². The number of rotatable bonds is 3. The average molecular weight is 297 g/mol. The van der Waals surface area contributed by atoms with Gasteiger partial charge in [0.05, 0.1) is 11.7 Å². The number of hydrogen-bond acceptors (Lipinski definition) is 3. The van der Waals surface area contributed by atoms with Gasteiger partial charge in [-0.05, 0) is 24.7 Å². The van der Waals surface area contributed by atoms with Crippen LogP contribution in [0.15, 0.2) is 6.20 Å². The molecule has 6 heteroatoms. The van der Waals surface area contributed by atoms with Crippen LogP contribution in [-0.4, -0.2) is 21.5 Å². The Kier molecular flexibility index (Phi) is 3.78. The maximum Gasteiger partial charge on any atom is 0.201 e. The van der Waals surface area contributed by atoms with Crippen LogP contribution >= 0.6 is 11.6 Å². The molecule has 3 rings (SSSR count). The summed E-state index contributed by atoms with van der Waals surface area (Å²) in [4.78, 5) is 11.0. The molecule has 0 bridgehead atoms. The Morgan fingerprint density at radius 2 is 2.15 bits per heavy atom. The van der Waals surface area contributed by atoms with Gasteiger partial charge in [0.1, 0.15) is 5.52 Å². The second-order valence-electron chi connectivity index (χ2n) is 5.72. The average Bonchev–Trinajstić information content (AvgIpc) is 2.86. The summed E-state index contributed by atoms with van der Waals surface area (Å²) in [5.41, 5.74) is 0.802. The summed E-state index contributed by atoms with van der Waals surface area (Å²) < 4.78 is 13.7. The number of pyridine rings is 1. The summed E-state index contributed by atoms with van der Waals surface area (Å²) in [6.45, 7) is 3.18. The molecule has 0 amide bonds. The molecule has 0 radical (unpaired) electrons.